The Morgan fingerprint density at radius 2 is 1.86 bits per heavy atom. The SMILES string of the molecule is CCNC1CC2C=CCCC2CC1COC(=O)C12OC1(CC(CO)=C(C)CC1(C3=CCNC(N)=C3)CCCCC1)C(=O)c1ccccc1C2=O. The van der Waals surface area contributed by atoms with Crippen molar-refractivity contribution >= 4 is 17.5 Å². The van der Waals surface area contributed by atoms with E-state index in [0.717, 1.165) is 63.5 Å². The van der Waals surface area contributed by atoms with Gasteiger partial charge in [-0.2, -0.15) is 0 Å². The largest absolute Gasteiger partial charge is 0.463 e. The third kappa shape index (κ3) is 5.89. The van der Waals surface area contributed by atoms with E-state index in [2.05, 4.69) is 35.8 Å². The molecule has 9 nitrogen and oxygen atoms in total. The van der Waals surface area contributed by atoms with Gasteiger partial charge in [-0.05, 0) is 92.9 Å². The number of hydrogen-bond donors (Lipinski definition) is 4. The van der Waals surface area contributed by atoms with E-state index in [4.69, 9.17) is 15.2 Å². The predicted octanol–water partition coefficient (Wildman–Crippen LogP) is 5.46. The minimum Gasteiger partial charge on any atom is -0.463 e. The van der Waals surface area contributed by atoms with Crippen LogP contribution in [0.5, 0.6) is 0 Å². The maximum Gasteiger partial charge on any atom is 0.350 e. The van der Waals surface area contributed by atoms with Gasteiger partial charge in [-0.25, -0.2) is 4.79 Å². The number of rotatable bonds is 11. The number of nitrogens with two attached hydrogens (primary N) is 1. The first kappa shape index (κ1) is 34.9. The number of benzene rings is 1. The normalized spacial score (nSPS) is 33.1. The van der Waals surface area contributed by atoms with Crippen LogP contribution in [0.25, 0.3) is 0 Å². The molecule has 0 spiro atoms. The van der Waals surface area contributed by atoms with Crippen molar-refractivity contribution in [2.45, 2.75) is 102 Å². The van der Waals surface area contributed by atoms with Crippen molar-refractivity contribution < 1.29 is 29.0 Å². The molecule has 268 valence electrons. The lowest BCUT2D eigenvalue weighted by Crippen LogP contribution is -2.52. The number of ketones is 2. The van der Waals surface area contributed by atoms with Crippen LogP contribution in [0.15, 0.2) is 71.1 Å². The van der Waals surface area contributed by atoms with E-state index in [0.29, 0.717) is 36.2 Å². The van der Waals surface area contributed by atoms with E-state index in [1.165, 1.54) is 12.0 Å². The number of fused-ring (bicyclic) bond motifs is 3. The first-order chi connectivity index (χ1) is 24.2. The Hall–Kier alpha value is -3.53. The van der Waals surface area contributed by atoms with Gasteiger partial charge < -0.3 is 30.9 Å². The molecule has 6 aliphatic rings. The van der Waals surface area contributed by atoms with Crippen molar-refractivity contribution in [1.29, 1.82) is 0 Å². The molecule has 6 atom stereocenters. The molecule has 1 aromatic carbocycles. The van der Waals surface area contributed by atoms with Crippen molar-refractivity contribution in [1.82, 2.24) is 10.6 Å². The Kier molecular flexibility index (Phi) is 9.69. The molecule has 2 aliphatic heterocycles. The van der Waals surface area contributed by atoms with Crippen molar-refractivity contribution in [3.05, 3.63) is 82.2 Å². The topological polar surface area (TPSA) is 143 Å². The summed E-state index contributed by atoms with van der Waals surface area (Å²) in [5.74, 6) is 0.0470. The Morgan fingerprint density at radius 1 is 1.10 bits per heavy atom. The van der Waals surface area contributed by atoms with Crippen molar-refractivity contribution in [3.63, 3.8) is 0 Å². The fourth-order valence-corrected chi connectivity index (χ4v) is 10.0. The molecule has 1 saturated heterocycles. The van der Waals surface area contributed by atoms with Gasteiger partial charge in [-0.3, -0.25) is 9.59 Å². The van der Waals surface area contributed by atoms with Crippen LogP contribution in [0, 0.1) is 23.2 Å². The second kappa shape index (κ2) is 13.9. The van der Waals surface area contributed by atoms with Gasteiger partial charge in [0.2, 0.25) is 5.78 Å². The number of hydrogen-bond acceptors (Lipinski definition) is 9. The van der Waals surface area contributed by atoms with Crippen LogP contribution in [0.4, 0.5) is 0 Å². The minimum absolute atomic E-state index is 0.0580. The molecule has 0 bridgehead atoms. The van der Waals surface area contributed by atoms with E-state index in [9.17, 15) is 19.5 Å². The monoisotopic (exact) mass is 683 g/mol. The smallest absolute Gasteiger partial charge is 0.350 e. The summed E-state index contributed by atoms with van der Waals surface area (Å²) >= 11 is 0. The molecule has 0 radical (unpaired) electrons. The van der Waals surface area contributed by atoms with Crippen LogP contribution < -0.4 is 16.4 Å². The van der Waals surface area contributed by atoms with Gasteiger partial charge in [-0.15, -0.1) is 0 Å². The van der Waals surface area contributed by atoms with E-state index in [-0.39, 0.29) is 48.1 Å². The van der Waals surface area contributed by atoms with Crippen LogP contribution in [-0.2, 0) is 14.3 Å². The van der Waals surface area contributed by atoms with Crippen molar-refractivity contribution in [2.24, 2.45) is 28.9 Å². The summed E-state index contributed by atoms with van der Waals surface area (Å²) < 4.78 is 12.3. The quantitative estimate of drug-likeness (QED) is 0.104. The number of aliphatic hydroxyl groups is 1. The Balaban J connectivity index is 1.18. The van der Waals surface area contributed by atoms with Crippen molar-refractivity contribution in [3.8, 4) is 0 Å². The molecule has 50 heavy (non-hydrogen) atoms. The number of aliphatic hydroxyl groups excluding tert-OH is 1. The number of Topliss-reactive ketones (excluding diaryl/α,β-unsaturated/α-hetero) is 2. The average Bonchev–Trinajstić information content (AvgIpc) is 3.84. The minimum atomic E-state index is -2.07. The Bertz CT molecular complexity index is 1650. The number of carbonyl (C=O) groups is 3. The van der Waals surface area contributed by atoms with Crippen LogP contribution in [-0.4, -0.2) is 66.2 Å². The summed E-state index contributed by atoms with van der Waals surface area (Å²) in [6.45, 7) is 5.39. The molecule has 2 heterocycles. The number of carbonyl (C=O) groups excluding carboxylic acids is 3. The summed E-state index contributed by atoms with van der Waals surface area (Å²) in [6.07, 6.45) is 18.9. The fourth-order valence-electron chi connectivity index (χ4n) is 10.0. The van der Waals surface area contributed by atoms with Crippen LogP contribution >= 0.6 is 0 Å². The maximum absolute atomic E-state index is 14.4. The fraction of sp³-hybridized carbons (Fsp3) is 0.585. The number of esters is 1. The molecule has 1 aromatic rings. The zero-order valence-electron chi connectivity index (χ0n) is 29.6. The number of epoxide rings is 1. The number of allylic oxidation sites excluding steroid dienone is 5. The van der Waals surface area contributed by atoms with Gasteiger partial charge >= 0.3 is 5.97 Å². The van der Waals surface area contributed by atoms with Crippen LogP contribution in [0.3, 0.4) is 0 Å². The maximum atomic E-state index is 14.4. The summed E-state index contributed by atoms with van der Waals surface area (Å²) in [7, 11) is 0. The summed E-state index contributed by atoms with van der Waals surface area (Å²) in [4.78, 5) is 43.0. The summed E-state index contributed by atoms with van der Waals surface area (Å²) in [5, 5.41) is 17.6. The molecule has 0 amide bonds. The van der Waals surface area contributed by atoms with Crippen molar-refractivity contribution in [2.75, 3.05) is 26.3 Å². The molecule has 6 unspecified atom stereocenters. The van der Waals surface area contributed by atoms with Gasteiger partial charge in [0, 0.05) is 36.1 Å². The molecule has 4 aliphatic carbocycles. The van der Waals surface area contributed by atoms with Crippen LogP contribution in [0.1, 0.15) is 105 Å². The lowest BCUT2D eigenvalue weighted by atomic mass is 9.64. The lowest BCUT2D eigenvalue weighted by molar-refractivity contribution is -0.150. The number of dihydropyridines is 1. The highest BCUT2D eigenvalue weighted by molar-refractivity contribution is 6.32. The van der Waals surface area contributed by atoms with Gasteiger partial charge in [0.15, 0.2) is 11.4 Å². The van der Waals surface area contributed by atoms with E-state index >= 15 is 0 Å². The number of ether oxygens (including phenoxy) is 2. The molecule has 0 aromatic heterocycles. The molecular weight excluding hydrogens is 630 g/mol. The lowest BCUT2D eigenvalue weighted by Gasteiger charge is -2.42. The molecule has 9 heteroatoms. The molecule has 7 rings (SSSR count). The summed E-state index contributed by atoms with van der Waals surface area (Å²) in [5.41, 5.74) is 5.41. The standard InChI is InChI=1S/C41H53N3O6/c1-3-43-34-20-28-12-6-5-11-27(28)19-29(34)25-49-38(48)41-37(47)33-14-8-7-13-32(33)36(46)40(41,50-41)23-30(24-45)26(2)22-39(16-9-4-10-17-39)31-15-18-44-35(42)21-31/h6-8,12-15,21,27-29,34,43-45H,3-5,9-11,16-20,22-25,42H2,1-2H3. The Morgan fingerprint density at radius 3 is 2.58 bits per heavy atom. The second-order valence-corrected chi connectivity index (χ2v) is 15.6. The van der Waals surface area contributed by atoms with Gasteiger partial charge in [0.05, 0.1) is 19.0 Å². The Labute approximate surface area is 295 Å². The predicted molar refractivity (Wildman–Crippen MR) is 191 cm³/mol. The highest BCUT2D eigenvalue weighted by Crippen LogP contribution is 2.60. The molecule has 5 N–H and O–H groups in total. The number of nitrogens with one attached hydrogen (secondary N) is 2. The van der Waals surface area contributed by atoms with Gasteiger partial charge in [-0.1, -0.05) is 74.3 Å². The molecule has 2 saturated carbocycles. The zero-order chi connectivity index (χ0) is 35.1. The zero-order valence-corrected chi connectivity index (χ0v) is 29.6. The van der Waals surface area contributed by atoms with Crippen LogP contribution in [0.2, 0.25) is 0 Å². The van der Waals surface area contributed by atoms with Gasteiger partial charge in [0.25, 0.3) is 5.60 Å². The highest BCUT2D eigenvalue weighted by Gasteiger charge is 2.85. The third-order valence-electron chi connectivity index (χ3n) is 12.8. The third-order valence-corrected chi connectivity index (χ3v) is 12.8. The second-order valence-electron chi connectivity index (χ2n) is 15.6. The van der Waals surface area contributed by atoms with E-state index < -0.39 is 28.7 Å². The highest BCUT2D eigenvalue weighted by atomic mass is 16.7. The first-order valence-corrected chi connectivity index (χ1v) is 18.8. The van der Waals surface area contributed by atoms with E-state index in [1.807, 2.05) is 13.0 Å². The van der Waals surface area contributed by atoms with E-state index in [1.54, 1.807) is 24.3 Å². The molecular formula is C41H53N3O6. The van der Waals surface area contributed by atoms with Gasteiger partial charge in [0.1, 0.15) is 0 Å². The molecule has 3 fully saturated rings. The average molecular weight is 684 g/mol. The summed E-state index contributed by atoms with van der Waals surface area (Å²) in [6, 6.07) is 6.80. The first-order valence-electron chi connectivity index (χ1n) is 18.8.